The van der Waals surface area contributed by atoms with Gasteiger partial charge in [0.25, 0.3) is 0 Å². The zero-order valence-corrected chi connectivity index (χ0v) is 11.4. The molecule has 2 N–H and O–H groups in total. The molecule has 0 aromatic carbocycles. The molecule has 5 nitrogen and oxygen atoms in total. The van der Waals surface area contributed by atoms with Gasteiger partial charge in [-0.2, -0.15) is 4.98 Å². The van der Waals surface area contributed by atoms with Crippen LogP contribution in [-0.2, 0) is 0 Å². The van der Waals surface area contributed by atoms with Crippen LogP contribution >= 0.6 is 11.6 Å². The zero-order chi connectivity index (χ0) is 12.8. The summed E-state index contributed by atoms with van der Waals surface area (Å²) in [5, 5.41) is 0.387. The molecule has 0 fully saturated rings. The summed E-state index contributed by atoms with van der Waals surface area (Å²) >= 11 is 5.89. The molecule has 0 aliphatic heterocycles. The van der Waals surface area contributed by atoms with Crippen LogP contribution in [-0.4, -0.2) is 48.6 Å². The van der Waals surface area contributed by atoms with Gasteiger partial charge in [-0.3, -0.25) is 0 Å². The minimum atomic E-state index is 0.221. The van der Waals surface area contributed by atoms with Crippen LogP contribution in [0.5, 0.6) is 0 Å². The summed E-state index contributed by atoms with van der Waals surface area (Å²) in [5.74, 6) is 1.02. The SMILES string of the molecule is CCCN(CCN(C)C)c1cc(Cl)nc(N)n1. The van der Waals surface area contributed by atoms with Gasteiger partial charge in [-0.05, 0) is 20.5 Å². The summed E-state index contributed by atoms with van der Waals surface area (Å²) in [6, 6.07) is 1.75. The molecule has 0 radical (unpaired) electrons. The van der Waals surface area contributed by atoms with E-state index in [4.69, 9.17) is 17.3 Å². The molecule has 1 aromatic rings. The molecule has 1 aromatic heterocycles. The molecule has 0 unspecified atom stereocenters. The second-order valence-corrected chi connectivity index (χ2v) is 4.58. The fraction of sp³-hybridized carbons (Fsp3) is 0.636. The highest BCUT2D eigenvalue weighted by Gasteiger charge is 2.09. The predicted octanol–water partition coefficient (Wildman–Crippen LogP) is 1.49. The molecule has 1 rings (SSSR count). The Balaban J connectivity index is 2.80. The highest BCUT2D eigenvalue weighted by molar-refractivity contribution is 6.29. The third kappa shape index (κ3) is 4.75. The van der Waals surface area contributed by atoms with Crippen molar-refractivity contribution < 1.29 is 0 Å². The topological polar surface area (TPSA) is 58.3 Å². The highest BCUT2D eigenvalue weighted by Crippen LogP contribution is 2.17. The van der Waals surface area contributed by atoms with Crippen molar-refractivity contribution in [1.82, 2.24) is 14.9 Å². The smallest absolute Gasteiger partial charge is 0.223 e. The third-order valence-electron chi connectivity index (χ3n) is 2.33. The molecular formula is C11H20ClN5. The van der Waals surface area contributed by atoms with Crippen LogP contribution in [0.4, 0.5) is 11.8 Å². The third-order valence-corrected chi connectivity index (χ3v) is 2.53. The summed E-state index contributed by atoms with van der Waals surface area (Å²) in [5.41, 5.74) is 5.61. The number of likely N-dealkylation sites (N-methyl/N-ethyl adjacent to an activating group) is 1. The molecule has 0 bridgehead atoms. The van der Waals surface area contributed by atoms with Gasteiger partial charge in [-0.15, -0.1) is 0 Å². The number of hydrogen-bond acceptors (Lipinski definition) is 5. The summed E-state index contributed by atoms with van der Waals surface area (Å²) in [6.07, 6.45) is 1.05. The van der Waals surface area contributed by atoms with Crippen LogP contribution in [0.2, 0.25) is 5.15 Å². The van der Waals surface area contributed by atoms with Crippen molar-refractivity contribution in [2.75, 3.05) is 44.4 Å². The minimum Gasteiger partial charge on any atom is -0.368 e. The molecular weight excluding hydrogens is 238 g/mol. The van der Waals surface area contributed by atoms with E-state index in [2.05, 4.69) is 26.7 Å². The number of nitrogens with two attached hydrogens (primary N) is 1. The van der Waals surface area contributed by atoms with Crippen LogP contribution in [0.3, 0.4) is 0 Å². The molecule has 0 saturated carbocycles. The van der Waals surface area contributed by atoms with Crippen molar-refractivity contribution in [3.8, 4) is 0 Å². The number of rotatable bonds is 6. The van der Waals surface area contributed by atoms with E-state index in [-0.39, 0.29) is 5.95 Å². The van der Waals surface area contributed by atoms with E-state index in [9.17, 15) is 0 Å². The Morgan fingerprint density at radius 3 is 2.47 bits per heavy atom. The number of nitrogen functional groups attached to an aromatic ring is 1. The van der Waals surface area contributed by atoms with Crippen LogP contribution < -0.4 is 10.6 Å². The molecule has 0 saturated heterocycles. The fourth-order valence-corrected chi connectivity index (χ4v) is 1.70. The predicted molar refractivity (Wildman–Crippen MR) is 72.5 cm³/mol. The Hall–Kier alpha value is -1.07. The van der Waals surface area contributed by atoms with Crippen molar-refractivity contribution in [1.29, 1.82) is 0 Å². The average molecular weight is 258 g/mol. The lowest BCUT2D eigenvalue weighted by atomic mass is 10.3. The van der Waals surface area contributed by atoms with E-state index in [1.807, 2.05) is 14.1 Å². The number of anilines is 2. The Morgan fingerprint density at radius 1 is 1.24 bits per heavy atom. The number of hydrogen-bond donors (Lipinski definition) is 1. The Labute approximate surface area is 108 Å². The van der Waals surface area contributed by atoms with Crippen molar-refractivity contribution in [3.05, 3.63) is 11.2 Å². The van der Waals surface area contributed by atoms with Gasteiger partial charge in [0.1, 0.15) is 11.0 Å². The van der Waals surface area contributed by atoms with Crippen LogP contribution in [0, 0.1) is 0 Å². The fourth-order valence-electron chi connectivity index (χ4n) is 1.52. The van der Waals surface area contributed by atoms with Crippen LogP contribution in [0.1, 0.15) is 13.3 Å². The van der Waals surface area contributed by atoms with Gasteiger partial charge in [0.15, 0.2) is 0 Å². The molecule has 0 atom stereocenters. The Bertz CT molecular complexity index is 335. The molecule has 0 amide bonds. The lowest BCUT2D eigenvalue weighted by molar-refractivity contribution is 0.412. The van der Waals surface area contributed by atoms with E-state index in [1.165, 1.54) is 0 Å². The second kappa shape index (κ2) is 6.61. The average Bonchev–Trinajstić information content (AvgIpc) is 2.22. The molecule has 0 aliphatic carbocycles. The monoisotopic (exact) mass is 257 g/mol. The normalized spacial score (nSPS) is 10.9. The summed E-state index contributed by atoms with van der Waals surface area (Å²) in [4.78, 5) is 12.4. The molecule has 1 heterocycles. The lowest BCUT2D eigenvalue weighted by Crippen LogP contribution is -2.33. The number of aromatic nitrogens is 2. The number of nitrogens with zero attached hydrogens (tertiary/aromatic N) is 4. The standard InChI is InChI=1S/C11H20ClN5/c1-4-5-17(7-6-16(2)3)10-8-9(12)14-11(13)15-10/h8H,4-7H2,1-3H3,(H2,13,14,15). The maximum Gasteiger partial charge on any atom is 0.223 e. The van der Waals surface area contributed by atoms with E-state index in [0.717, 1.165) is 31.9 Å². The molecule has 96 valence electrons. The van der Waals surface area contributed by atoms with Crippen LogP contribution in [0.15, 0.2) is 6.07 Å². The van der Waals surface area contributed by atoms with Gasteiger partial charge < -0.3 is 15.5 Å². The first kappa shape index (κ1) is 14.0. The molecule has 6 heteroatoms. The van der Waals surface area contributed by atoms with Gasteiger partial charge in [0.05, 0.1) is 0 Å². The molecule has 17 heavy (non-hydrogen) atoms. The highest BCUT2D eigenvalue weighted by atomic mass is 35.5. The lowest BCUT2D eigenvalue weighted by Gasteiger charge is -2.25. The first-order valence-corrected chi connectivity index (χ1v) is 6.10. The quantitative estimate of drug-likeness (QED) is 0.783. The van der Waals surface area contributed by atoms with E-state index < -0.39 is 0 Å². The van der Waals surface area contributed by atoms with E-state index in [0.29, 0.717) is 5.15 Å². The van der Waals surface area contributed by atoms with Crippen molar-refractivity contribution in [2.24, 2.45) is 0 Å². The van der Waals surface area contributed by atoms with Gasteiger partial charge >= 0.3 is 0 Å². The summed E-state index contributed by atoms with van der Waals surface area (Å²) in [6.45, 7) is 4.92. The van der Waals surface area contributed by atoms with E-state index >= 15 is 0 Å². The summed E-state index contributed by atoms with van der Waals surface area (Å²) in [7, 11) is 4.09. The van der Waals surface area contributed by atoms with E-state index in [1.54, 1.807) is 6.07 Å². The van der Waals surface area contributed by atoms with Gasteiger partial charge in [0, 0.05) is 25.7 Å². The first-order chi connectivity index (χ1) is 8.02. The number of halogens is 1. The minimum absolute atomic E-state index is 0.221. The second-order valence-electron chi connectivity index (χ2n) is 4.20. The largest absolute Gasteiger partial charge is 0.368 e. The first-order valence-electron chi connectivity index (χ1n) is 5.72. The van der Waals surface area contributed by atoms with Gasteiger partial charge in [-0.25, -0.2) is 4.98 Å². The molecule has 0 aliphatic rings. The Kier molecular flexibility index (Phi) is 5.44. The maximum absolute atomic E-state index is 5.89. The van der Waals surface area contributed by atoms with Crippen molar-refractivity contribution in [3.63, 3.8) is 0 Å². The van der Waals surface area contributed by atoms with Gasteiger partial charge in [0.2, 0.25) is 5.95 Å². The Morgan fingerprint density at radius 2 is 1.94 bits per heavy atom. The van der Waals surface area contributed by atoms with Crippen LogP contribution in [0.25, 0.3) is 0 Å². The summed E-state index contributed by atoms with van der Waals surface area (Å²) < 4.78 is 0. The van der Waals surface area contributed by atoms with Crippen molar-refractivity contribution >= 4 is 23.4 Å². The molecule has 0 spiro atoms. The van der Waals surface area contributed by atoms with Gasteiger partial charge in [-0.1, -0.05) is 18.5 Å². The zero-order valence-electron chi connectivity index (χ0n) is 10.6. The maximum atomic E-state index is 5.89. The van der Waals surface area contributed by atoms with Crippen molar-refractivity contribution in [2.45, 2.75) is 13.3 Å².